The average Bonchev–Trinajstić information content (AvgIpc) is 2.76. The molecule has 0 radical (unpaired) electrons. The number of hydrogen-bond donors (Lipinski definition) is 1. The van der Waals surface area contributed by atoms with Crippen LogP contribution in [0.5, 0.6) is 0 Å². The Morgan fingerprint density at radius 2 is 1.81 bits per heavy atom. The molecule has 0 aliphatic rings. The molecule has 1 N–H and O–H groups in total. The minimum Gasteiger partial charge on any atom is -0.325 e. The second kappa shape index (κ2) is 8.73. The minimum atomic E-state index is -0.396. The second-order valence-electron chi connectivity index (χ2n) is 7.18. The molecule has 0 aliphatic heterocycles. The monoisotopic (exact) mass is 433 g/mol. The summed E-state index contributed by atoms with van der Waals surface area (Å²) in [4.78, 5) is 30.4. The number of halogens is 1. The first-order chi connectivity index (χ1) is 14.9. The highest BCUT2D eigenvalue weighted by atomic mass is 32.2. The summed E-state index contributed by atoms with van der Waals surface area (Å²) in [5.41, 5.74) is 3.54. The van der Waals surface area contributed by atoms with Crippen LogP contribution in [0.25, 0.3) is 16.6 Å². The smallest absolute Gasteiger partial charge is 0.266 e. The summed E-state index contributed by atoms with van der Waals surface area (Å²) in [6.45, 7) is 3.89. The third-order valence-electron chi connectivity index (χ3n) is 4.83. The van der Waals surface area contributed by atoms with E-state index in [9.17, 15) is 14.0 Å². The summed E-state index contributed by atoms with van der Waals surface area (Å²) in [5.74, 6) is -0.529. The molecule has 0 saturated heterocycles. The Morgan fingerprint density at radius 1 is 1.06 bits per heavy atom. The van der Waals surface area contributed by atoms with E-state index in [1.807, 2.05) is 32.0 Å². The number of anilines is 1. The summed E-state index contributed by atoms with van der Waals surface area (Å²) in [5, 5.41) is 3.74. The summed E-state index contributed by atoms with van der Waals surface area (Å²) in [6.07, 6.45) is 0. The highest BCUT2D eigenvalue weighted by molar-refractivity contribution is 7.99. The largest absolute Gasteiger partial charge is 0.325 e. The van der Waals surface area contributed by atoms with E-state index in [2.05, 4.69) is 10.3 Å². The van der Waals surface area contributed by atoms with Crippen LogP contribution in [0.1, 0.15) is 11.1 Å². The lowest BCUT2D eigenvalue weighted by Gasteiger charge is -2.14. The van der Waals surface area contributed by atoms with E-state index in [4.69, 9.17) is 0 Å². The van der Waals surface area contributed by atoms with E-state index < -0.39 is 5.82 Å². The van der Waals surface area contributed by atoms with Crippen LogP contribution in [-0.2, 0) is 4.79 Å². The lowest BCUT2D eigenvalue weighted by molar-refractivity contribution is -0.113. The van der Waals surface area contributed by atoms with Crippen molar-refractivity contribution in [2.24, 2.45) is 0 Å². The molecule has 0 fully saturated rings. The number of aryl methyl sites for hydroxylation is 2. The molecule has 31 heavy (non-hydrogen) atoms. The maximum absolute atomic E-state index is 13.4. The Hall–Kier alpha value is -3.45. The fourth-order valence-electron chi connectivity index (χ4n) is 3.21. The van der Waals surface area contributed by atoms with Gasteiger partial charge in [0.25, 0.3) is 5.56 Å². The van der Waals surface area contributed by atoms with Crippen LogP contribution < -0.4 is 10.9 Å². The molecular formula is C24H20FN3O2S. The minimum absolute atomic E-state index is 0.0688. The van der Waals surface area contributed by atoms with Crippen LogP contribution in [0.3, 0.4) is 0 Å². The van der Waals surface area contributed by atoms with Gasteiger partial charge in [-0.1, -0.05) is 36.0 Å². The van der Waals surface area contributed by atoms with Gasteiger partial charge in [0.05, 0.1) is 22.3 Å². The molecule has 0 atom stereocenters. The van der Waals surface area contributed by atoms with Crippen molar-refractivity contribution in [1.82, 2.24) is 9.55 Å². The van der Waals surface area contributed by atoms with E-state index in [1.165, 1.54) is 28.8 Å². The Bertz CT molecular complexity index is 1330. The molecule has 3 aromatic carbocycles. The van der Waals surface area contributed by atoms with Crippen LogP contribution in [0, 0.1) is 19.7 Å². The molecular weight excluding hydrogens is 413 g/mol. The first kappa shape index (κ1) is 20.8. The molecule has 0 unspecified atom stereocenters. The summed E-state index contributed by atoms with van der Waals surface area (Å²) >= 11 is 1.16. The van der Waals surface area contributed by atoms with Gasteiger partial charge in [0.2, 0.25) is 5.91 Å². The molecule has 7 heteroatoms. The number of thioether (sulfide) groups is 1. The van der Waals surface area contributed by atoms with Crippen LogP contribution in [0.15, 0.2) is 76.7 Å². The molecule has 4 rings (SSSR count). The Labute approximate surface area is 182 Å². The maximum Gasteiger partial charge on any atom is 0.266 e. The number of amides is 1. The van der Waals surface area contributed by atoms with Gasteiger partial charge in [-0.15, -0.1) is 0 Å². The van der Waals surface area contributed by atoms with Gasteiger partial charge in [0.15, 0.2) is 5.16 Å². The first-order valence-electron chi connectivity index (χ1n) is 9.70. The fourth-order valence-corrected chi connectivity index (χ4v) is 4.03. The fraction of sp³-hybridized carbons (Fsp3) is 0.125. The van der Waals surface area contributed by atoms with Crippen molar-refractivity contribution in [3.63, 3.8) is 0 Å². The SMILES string of the molecule is Cc1ccc(C)c(NC(=O)CSc2nc3ccccc3c(=O)n2-c2ccc(F)cc2)c1. The standard InChI is InChI=1S/C24H20FN3O2S/c1-15-7-8-16(2)21(13-15)26-22(29)14-31-24-27-20-6-4-3-5-19(20)23(30)28(24)18-11-9-17(25)10-12-18/h3-13H,14H2,1-2H3,(H,26,29). The lowest BCUT2D eigenvalue weighted by atomic mass is 10.1. The van der Waals surface area contributed by atoms with Crippen LogP contribution in [0.4, 0.5) is 10.1 Å². The zero-order chi connectivity index (χ0) is 22.0. The number of hydrogen-bond acceptors (Lipinski definition) is 4. The van der Waals surface area contributed by atoms with Crippen molar-refractivity contribution in [2.75, 3.05) is 11.1 Å². The summed E-state index contributed by atoms with van der Waals surface area (Å²) in [7, 11) is 0. The molecule has 1 heterocycles. The zero-order valence-corrected chi connectivity index (χ0v) is 17.9. The average molecular weight is 434 g/mol. The number of nitrogens with zero attached hydrogens (tertiary/aromatic N) is 2. The third-order valence-corrected chi connectivity index (χ3v) is 5.77. The van der Waals surface area contributed by atoms with E-state index in [0.717, 1.165) is 28.6 Å². The number of aromatic nitrogens is 2. The van der Waals surface area contributed by atoms with E-state index >= 15 is 0 Å². The van der Waals surface area contributed by atoms with E-state index in [-0.39, 0.29) is 17.2 Å². The number of carbonyl (C=O) groups is 1. The predicted octanol–water partition coefficient (Wildman–Crippen LogP) is 4.87. The number of benzene rings is 3. The molecule has 0 saturated carbocycles. The molecule has 0 aliphatic carbocycles. The van der Waals surface area contributed by atoms with Crippen molar-refractivity contribution >= 4 is 34.3 Å². The first-order valence-corrected chi connectivity index (χ1v) is 10.7. The van der Waals surface area contributed by atoms with E-state index in [1.54, 1.807) is 24.3 Å². The number of nitrogens with one attached hydrogen (secondary N) is 1. The van der Waals surface area contributed by atoms with Gasteiger partial charge in [0.1, 0.15) is 5.82 Å². The van der Waals surface area contributed by atoms with Crippen molar-refractivity contribution in [2.45, 2.75) is 19.0 Å². The zero-order valence-electron chi connectivity index (χ0n) is 17.1. The van der Waals surface area contributed by atoms with Gasteiger partial charge in [-0.05, 0) is 67.4 Å². The molecule has 156 valence electrons. The molecule has 1 aromatic heterocycles. The molecule has 5 nitrogen and oxygen atoms in total. The molecule has 0 spiro atoms. The van der Waals surface area contributed by atoms with Gasteiger partial charge in [-0.25, -0.2) is 9.37 Å². The number of para-hydroxylation sites is 1. The van der Waals surface area contributed by atoms with Crippen molar-refractivity contribution in [3.05, 3.63) is 94.0 Å². The van der Waals surface area contributed by atoms with Gasteiger partial charge in [-0.2, -0.15) is 0 Å². The van der Waals surface area contributed by atoms with Gasteiger partial charge in [0, 0.05) is 5.69 Å². The Balaban J connectivity index is 1.67. The molecule has 0 bridgehead atoms. The van der Waals surface area contributed by atoms with Crippen molar-refractivity contribution in [1.29, 1.82) is 0 Å². The third kappa shape index (κ3) is 4.51. The van der Waals surface area contributed by atoms with Crippen LogP contribution >= 0.6 is 11.8 Å². The second-order valence-corrected chi connectivity index (χ2v) is 8.13. The highest BCUT2D eigenvalue weighted by Crippen LogP contribution is 2.23. The summed E-state index contributed by atoms with van der Waals surface area (Å²) < 4.78 is 14.8. The highest BCUT2D eigenvalue weighted by Gasteiger charge is 2.15. The molecule has 4 aromatic rings. The summed E-state index contributed by atoms with van der Waals surface area (Å²) in [6, 6.07) is 18.5. The van der Waals surface area contributed by atoms with Gasteiger partial charge < -0.3 is 5.32 Å². The van der Waals surface area contributed by atoms with Gasteiger partial charge >= 0.3 is 0 Å². The maximum atomic E-state index is 13.4. The van der Waals surface area contributed by atoms with E-state index in [0.29, 0.717) is 21.7 Å². The number of fused-ring (bicyclic) bond motifs is 1. The van der Waals surface area contributed by atoms with Gasteiger partial charge in [-0.3, -0.25) is 14.2 Å². The van der Waals surface area contributed by atoms with Crippen LogP contribution in [-0.4, -0.2) is 21.2 Å². The number of carbonyl (C=O) groups excluding carboxylic acids is 1. The lowest BCUT2D eigenvalue weighted by Crippen LogP contribution is -2.23. The Kier molecular flexibility index (Phi) is 5.86. The number of rotatable bonds is 5. The Morgan fingerprint density at radius 3 is 2.58 bits per heavy atom. The van der Waals surface area contributed by atoms with Crippen molar-refractivity contribution in [3.8, 4) is 5.69 Å². The van der Waals surface area contributed by atoms with Crippen LogP contribution in [0.2, 0.25) is 0 Å². The van der Waals surface area contributed by atoms with Crippen molar-refractivity contribution < 1.29 is 9.18 Å². The molecule has 1 amide bonds. The topological polar surface area (TPSA) is 64.0 Å². The normalized spacial score (nSPS) is 10.9. The quantitative estimate of drug-likeness (QED) is 0.360. The predicted molar refractivity (Wildman–Crippen MR) is 123 cm³/mol.